The first-order valence-corrected chi connectivity index (χ1v) is 9.07. The van der Waals surface area contributed by atoms with Gasteiger partial charge in [-0.05, 0) is 68.7 Å². The third-order valence-corrected chi connectivity index (χ3v) is 5.08. The van der Waals surface area contributed by atoms with Crippen LogP contribution in [0.5, 0.6) is 0 Å². The molecule has 130 valence electrons. The number of aryl methyl sites for hydroxylation is 1. The van der Waals surface area contributed by atoms with Gasteiger partial charge in [0.2, 0.25) is 0 Å². The average Bonchev–Trinajstić information content (AvgIpc) is 2.99. The van der Waals surface area contributed by atoms with E-state index in [-0.39, 0.29) is 0 Å². The molecule has 4 heteroatoms. The van der Waals surface area contributed by atoms with Gasteiger partial charge in [0.15, 0.2) is 5.11 Å². The van der Waals surface area contributed by atoms with Crippen LogP contribution in [0.3, 0.4) is 0 Å². The van der Waals surface area contributed by atoms with Crippen molar-refractivity contribution < 1.29 is 0 Å². The number of hydrogen-bond donors (Lipinski definition) is 2. The standard InChI is InChI=1S/C21H25N3S/c1-14(2)24(13-17-12-22-20-10-6-5-9-18(17)20)21(25)23-19-11-7-8-15(3)16(19)4/h5-12,14,22H,13H2,1-4H3,(H,23,25). The lowest BCUT2D eigenvalue weighted by atomic mass is 10.1. The second-order valence-electron chi connectivity index (χ2n) is 6.76. The monoisotopic (exact) mass is 351 g/mol. The van der Waals surface area contributed by atoms with E-state index in [1.54, 1.807) is 0 Å². The van der Waals surface area contributed by atoms with E-state index in [9.17, 15) is 0 Å². The molecule has 0 saturated carbocycles. The van der Waals surface area contributed by atoms with Crippen LogP contribution in [-0.2, 0) is 6.54 Å². The Morgan fingerprint density at radius 1 is 1.12 bits per heavy atom. The van der Waals surface area contributed by atoms with Gasteiger partial charge in [-0.25, -0.2) is 0 Å². The molecule has 2 aromatic carbocycles. The van der Waals surface area contributed by atoms with E-state index in [2.05, 4.69) is 91.6 Å². The van der Waals surface area contributed by atoms with E-state index < -0.39 is 0 Å². The van der Waals surface area contributed by atoms with Crippen LogP contribution in [-0.4, -0.2) is 21.0 Å². The van der Waals surface area contributed by atoms with Crippen LogP contribution in [0.1, 0.15) is 30.5 Å². The number of rotatable bonds is 4. The molecule has 1 aromatic heterocycles. The molecule has 0 atom stereocenters. The number of aromatic nitrogens is 1. The molecule has 0 unspecified atom stereocenters. The van der Waals surface area contributed by atoms with Crippen molar-refractivity contribution in [1.29, 1.82) is 0 Å². The number of hydrogen-bond acceptors (Lipinski definition) is 1. The molecule has 0 fully saturated rings. The zero-order valence-corrected chi connectivity index (χ0v) is 16.1. The third-order valence-electron chi connectivity index (χ3n) is 4.75. The Hall–Kier alpha value is -2.33. The molecule has 3 rings (SSSR count). The minimum absolute atomic E-state index is 0.304. The number of nitrogens with one attached hydrogen (secondary N) is 2. The molecule has 0 amide bonds. The zero-order valence-electron chi connectivity index (χ0n) is 15.3. The Balaban J connectivity index is 1.83. The highest BCUT2D eigenvalue weighted by Crippen LogP contribution is 2.22. The summed E-state index contributed by atoms with van der Waals surface area (Å²) >= 11 is 5.74. The number of benzene rings is 2. The number of aromatic amines is 1. The van der Waals surface area contributed by atoms with Gasteiger partial charge in [0.05, 0.1) is 0 Å². The van der Waals surface area contributed by atoms with Crippen LogP contribution >= 0.6 is 12.2 Å². The fraction of sp³-hybridized carbons (Fsp3) is 0.286. The van der Waals surface area contributed by atoms with E-state index in [0.29, 0.717) is 6.04 Å². The lowest BCUT2D eigenvalue weighted by Gasteiger charge is -2.30. The fourth-order valence-electron chi connectivity index (χ4n) is 3.01. The third kappa shape index (κ3) is 3.69. The number of thiocarbonyl (C=S) groups is 1. The zero-order chi connectivity index (χ0) is 18.0. The van der Waals surface area contributed by atoms with Crippen LogP contribution in [0.25, 0.3) is 10.9 Å². The molecular formula is C21H25N3S. The Morgan fingerprint density at radius 3 is 2.64 bits per heavy atom. The van der Waals surface area contributed by atoms with Gasteiger partial charge in [-0.15, -0.1) is 0 Å². The summed E-state index contributed by atoms with van der Waals surface area (Å²) in [6.45, 7) is 9.37. The normalized spacial score (nSPS) is 11.1. The highest BCUT2D eigenvalue weighted by molar-refractivity contribution is 7.80. The average molecular weight is 352 g/mol. The van der Waals surface area contributed by atoms with E-state index in [0.717, 1.165) is 22.9 Å². The van der Waals surface area contributed by atoms with Crippen molar-refractivity contribution in [3.63, 3.8) is 0 Å². The van der Waals surface area contributed by atoms with Gasteiger partial charge in [-0.2, -0.15) is 0 Å². The van der Waals surface area contributed by atoms with E-state index in [1.165, 1.54) is 22.1 Å². The van der Waals surface area contributed by atoms with Crippen LogP contribution in [0.4, 0.5) is 5.69 Å². The summed E-state index contributed by atoms with van der Waals surface area (Å²) in [5.74, 6) is 0. The van der Waals surface area contributed by atoms with Crippen LogP contribution in [0.15, 0.2) is 48.7 Å². The first kappa shape index (κ1) is 17.5. The predicted octanol–water partition coefficient (Wildman–Crippen LogP) is 5.39. The Labute approximate surface area is 155 Å². The number of H-pyrrole nitrogens is 1. The summed E-state index contributed by atoms with van der Waals surface area (Å²) in [7, 11) is 0. The molecule has 25 heavy (non-hydrogen) atoms. The maximum atomic E-state index is 5.74. The number of anilines is 1. The molecule has 0 saturated heterocycles. The lowest BCUT2D eigenvalue weighted by Crippen LogP contribution is -2.39. The molecule has 0 aliphatic rings. The number of para-hydroxylation sites is 1. The van der Waals surface area contributed by atoms with Gasteiger partial charge in [-0.3, -0.25) is 0 Å². The summed E-state index contributed by atoms with van der Waals surface area (Å²) in [6, 6.07) is 15.0. The summed E-state index contributed by atoms with van der Waals surface area (Å²) in [6.07, 6.45) is 2.08. The smallest absolute Gasteiger partial charge is 0.173 e. The number of fused-ring (bicyclic) bond motifs is 1. The molecule has 0 aliphatic carbocycles. The number of nitrogens with zero attached hydrogens (tertiary/aromatic N) is 1. The maximum Gasteiger partial charge on any atom is 0.173 e. The Kier molecular flexibility index (Phi) is 5.09. The van der Waals surface area contributed by atoms with E-state index in [4.69, 9.17) is 12.2 Å². The molecule has 0 radical (unpaired) electrons. The van der Waals surface area contributed by atoms with Crippen molar-refractivity contribution in [3.8, 4) is 0 Å². The molecular weight excluding hydrogens is 326 g/mol. The second kappa shape index (κ2) is 7.28. The summed E-state index contributed by atoms with van der Waals surface area (Å²) in [5.41, 5.74) is 6.00. The molecule has 0 bridgehead atoms. The van der Waals surface area contributed by atoms with Gasteiger partial charge >= 0.3 is 0 Å². The van der Waals surface area contributed by atoms with E-state index >= 15 is 0 Å². The van der Waals surface area contributed by atoms with Crippen molar-refractivity contribution in [2.24, 2.45) is 0 Å². The van der Waals surface area contributed by atoms with Crippen molar-refractivity contribution >= 4 is 33.9 Å². The van der Waals surface area contributed by atoms with Crippen molar-refractivity contribution in [2.45, 2.75) is 40.3 Å². The minimum Gasteiger partial charge on any atom is -0.361 e. The summed E-state index contributed by atoms with van der Waals surface area (Å²) < 4.78 is 0. The summed E-state index contributed by atoms with van der Waals surface area (Å²) in [4.78, 5) is 5.58. The van der Waals surface area contributed by atoms with Crippen LogP contribution in [0, 0.1) is 13.8 Å². The molecule has 3 nitrogen and oxygen atoms in total. The van der Waals surface area contributed by atoms with Crippen molar-refractivity contribution in [1.82, 2.24) is 9.88 Å². The minimum atomic E-state index is 0.304. The van der Waals surface area contributed by atoms with Gasteiger partial charge in [0.25, 0.3) is 0 Å². The highest BCUT2D eigenvalue weighted by Gasteiger charge is 2.17. The van der Waals surface area contributed by atoms with E-state index in [1.807, 2.05) is 0 Å². The lowest BCUT2D eigenvalue weighted by molar-refractivity contribution is 0.349. The second-order valence-corrected chi connectivity index (χ2v) is 7.15. The van der Waals surface area contributed by atoms with Crippen LogP contribution in [0.2, 0.25) is 0 Å². The maximum absolute atomic E-state index is 5.74. The van der Waals surface area contributed by atoms with Crippen molar-refractivity contribution in [2.75, 3.05) is 5.32 Å². The fourth-order valence-corrected chi connectivity index (χ4v) is 3.39. The van der Waals surface area contributed by atoms with Gasteiger partial charge < -0.3 is 15.2 Å². The summed E-state index contributed by atoms with van der Waals surface area (Å²) in [5, 5.41) is 5.45. The van der Waals surface area contributed by atoms with Crippen LogP contribution < -0.4 is 5.32 Å². The van der Waals surface area contributed by atoms with Gasteiger partial charge in [0, 0.05) is 35.4 Å². The van der Waals surface area contributed by atoms with Gasteiger partial charge in [-0.1, -0.05) is 30.3 Å². The van der Waals surface area contributed by atoms with Gasteiger partial charge in [0.1, 0.15) is 0 Å². The Bertz CT molecular complexity index is 895. The largest absolute Gasteiger partial charge is 0.361 e. The SMILES string of the molecule is Cc1cccc(NC(=S)N(Cc2c[nH]c3ccccc23)C(C)C)c1C. The van der Waals surface area contributed by atoms with Crippen molar-refractivity contribution in [3.05, 3.63) is 65.4 Å². The molecule has 0 aliphatic heterocycles. The quantitative estimate of drug-likeness (QED) is 0.618. The first-order chi connectivity index (χ1) is 12.0. The molecule has 0 spiro atoms. The first-order valence-electron chi connectivity index (χ1n) is 8.66. The predicted molar refractivity (Wildman–Crippen MR) is 111 cm³/mol. The molecule has 1 heterocycles. The Morgan fingerprint density at radius 2 is 1.88 bits per heavy atom. The molecule has 2 N–H and O–H groups in total. The molecule has 3 aromatic rings. The highest BCUT2D eigenvalue weighted by atomic mass is 32.1. The topological polar surface area (TPSA) is 31.1 Å².